The molecule has 1 N–H and O–H groups in total. The summed E-state index contributed by atoms with van der Waals surface area (Å²) < 4.78 is 21.5. The van der Waals surface area contributed by atoms with E-state index in [1.54, 1.807) is 18.2 Å². The smallest absolute Gasteiger partial charge is 0.322 e. The Morgan fingerprint density at radius 2 is 1.69 bits per heavy atom. The summed E-state index contributed by atoms with van der Waals surface area (Å²) in [7, 11) is 4.59. The molecule has 0 aliphatic rings. The Balaban J connectivity index is 1.63. The number of aromatic nitrogens is 2. The van der Waals surface area contributed by atoms with E-state index in [9.17, 15) is 4.79 Å². The van der Waals surface area contributed by atoms with Crippen molar-refractivity contribution >= 4 is 18.0 Å². The van der Waals surface area contributed by atoms with Gasteiger partial charge in [-0.25, -0.2) is 0 Å². The van der Waals surface area contributed by atoms with Crippen LogP contribution in [0.3, 0.4) is 0 Å². The number of carbonyl (C=O) groups excluding carboxylic acids is 1. The van der Waals surface area contributed by atoms with Crippen molar-refractivity contribution in [1.29, 1.82) is 0 Å². The SMILES string of the molecule is COc1cc(/C=C/C(=O)Nc2nnc(Cc3ccc(C(C)C)cc3)o2)cc(OC)c1OC. The molecule has 2 aromatic carbocycles. The number of nitrogens with zero attached hydrogens (tertiary/aromatic N) is 2. The monoisotopic (exact) mass is 437 g/mol. The highest BCUT2D eigenvalue weighted by molar-refractivity contribution is 6.00. The number of hydrogen-bond acceptors (Lipinski definition) is 7. The predicted octanol–water partition coefficient (Wildman–Crippen LogP) is 4.46. The largest absolute Gasteiger partial charge is 0.493 e. The lowest BCUT2D eigenvalue weighted by atomic mass is 10.0. The zero-order valence-electron chi connectivity index (χ0n) is 18.8. The van der Waals surface area contributed by atoms with Gasteiger partial charge in [0.15, 0.2) is 11.5 Å². The molecular weight excluding hydrogens is 410 g/mol. The van der Waals surface area contributed by atoms with E-state index in [0.717, 1.165) is 5.56 Å². The highest BCUT2D eigenvalue weighted by Gasteiger charge is 2.13. The van der Waals surface area contributed by atoms with Crippen LogP contribution in [0.15, 0.2) is 46.9 Å². The van der Waals surface area contributed by atoms with Gasteiger partial charge in [-0.1, -0.05) is 43.2 Å². The normalized spacial score (nSPS) is 11.1. The molecule has 8 nitrogen and oxygen atoms in total. The Morgan fingerprint density at radius 3 is 2.25 bits per heavy atom. The van der Waals surface area contributed by atoms with Crippen molar-refractivity contribution in [3.8, 4) is 17.2 Å². The Hall–Kier alpha value is -3.81. The van der Waals surface area contributed by atoms with Crippen molar-refractivity contribution in [3.63, 3.8) is 0 Å². The number of nitrogens with one attached hydrogen (secondary N) is 1. The van der Waals surface area contributed by atoms with Crippen LogP contribution in [-0.2, 0) is 11.2 Å². The maximum atomic E-state index is 12.3. The lowest BCUT2D eigenvalue weighted by Gasteiger charge is -2.12. The van der Waals surface area contributed by atoms with Gasteiger partial charge in [0.25, 0.3) is 5.91 Å². The predicted molar refractivity (Wildman–Crippen MR) is 121 cm³/mol. The molecule has 3 aromatic rings. The summed E-state index contributed by atoms with van der Waals surface area (Å²) in [6.45, 7) is 4.30. The molecule has 8 heteroatoms. The molecular formula is C24H27N3O5. The minimum Gasteiger partial charge on any atom is -0.493 e. The Kier molecular flexibility index (Phi) is 7.49. The van der Waals surface area contributed by atoms with Gasteiger partial charge in [0.1, 0.15) is 0 Å². The minimum absolute atomic E-state index is 0.0401. The Labute approximate surface area is 187 Å². The van der Waals surface area contributed by atoms with E-state index in [1.165, 1.54) is 33.0 Å². The molecule has 1 aromatic heterocycles. The molecule has 0 radical (unpaired) electrons. The third-order valence-corrected chi connectivity index (χ3v) is 4.81. The van der Waals surface area contributed by atoms with E-state index in [0.29, 0.717) is 41.0 Å². The number of ether oxygens (including phenoxy) is 3. The van der Waals surface area contributed by atoms with Crippen LogP contribution >= 0.6 is 0 Å². The Bertz CT molecular complexity index is 1060. The van der Waals surface area contributed by atoms with Crippen molar-refractivity contribution in [3.05, 3.63) is 65.1 Å². The van der Waals surface area contributed by atoms with Crippen LogP contribution in [-0.4, -0.2) is 37.4 Å². The fraction of sp³-hybridized carbons (Fsp3) is 0.292. The minimum atomic E-state index is -0.407. The first-order valence-electron chi connectivity index (χ1n) is 10.1. The second-order valence-corrected chi connectivity index (χ2v) is 7.36. The van der Waals surface area contributed by atoms with Crippen molar-refractivity contribution < 1.29 is 23.4 Å². The third-order valence-electron chi connectivity index (χ3n) is 4.81. The van der Waals surface area contributed by atoms with E-state index in [-0.39, 0.29) is 6.01 Å². The van der Waals surface area contributed by atoms with Gasteiger partial charge in [0.05, 0.1) is 27.8 Å². The summed E-state index contributed by atoms with van der Waals surface area (Å²) in [6.07, 6.45) is 3.46. The fourth-order valence-corrected chi connectivity index (χ4v) is 3.09. The van der Waals surface area contributed by atoms with Gasteiger partial charge in [-0.2, -0.15) is 0 Å². The zero-order chi connectivity index (χ0) is 23.1. The lowest BCUT2D eigenvalue weighted by Crippen LogP contribution is -2.07. The number of carbonyl (C=O) groups is 1. The van der Waals surface area contributed by atoms with Crippen molar-refractivity contribution in [2.75, 3.05) is 26.6 Å². The molecule has 1 heterocycles. The van der Waals surface area contributed by atoms with Crippen LogP contribution in [0.25, 0.3) is 6.08 Å². The molecule has 0 spiro atoms. The molecule has 0 bridgehead atoms. The van der Waals surface area contributed by atoms with Crippen LogP contribution in [0.1, 0.15) is 42.3 Å². The molecule has 0 fully saturated rings. The van der Waals surface area contributed by atoms with Gasteiger partial charge in [0, 0.05) is 6.08 Å². The van der Waals surface area contributed by atoms with E-state index < -0.39 is 5.91 Å². The maximum Gasteiger partial charge on any atom is 0.322 e. The zero-order valence-corrected chi connectivity index (χ0v) is 18.8. The molecule has 0 unspecified atom stereocenters. The van der Waals surface area contributed by atoms with Crippen LogP contribution in [0, 0.1) is 0 Å². The van der Waals surface area contributed by atoms with E-state index in [2.05, 4.69) is 41.5 Å². The third kappa shape index (κ3) is 5.66. The number of hydrogen-bond donors (Lipinski definition) is 1. The number of methoxy groups -OCH3 is 3. The quantitative estimate of drug-likeness (QED) is 0.494. The first-order chi connectivity index (χ1) is 15.4. The topological polar surface area (TPSA) is 95.7 Å². The van der Waals surface area contributed by atoms with E-state index >= 15 is 0 Å². The molecule has 3 rings (SSSR count). The second kappa shape index (κ2) is 10.5. The second-order valence-electron chi connectivity index (χ2n) is 7.36. The molecule has 0 atom stereocenters. The number of benzene rings is 2. The average molecular weight is 437 g/mol. The van der Waals surface area contributed by atoms with E-state index in [1.807, 2.05) is 12.1 Å². The highest BCUT2D eigenvalue weighted by atomic mass is 16.5. The molecule has 0 aliphatic carbocycles. The van der Waals surface area contributed by atoms with Crippen LogP contribution < -0.4 is 19.5 Å². The summed E-state index contributed by atoms with van der Waals surface area (Å²) in [4.78, 5) is 12.3. The summed E-state index contributed by atoms with van der Waals surface area (Å²) >= 11 is 0. The van der Waals surface area contributed by atoms with Crippen molar-refractivity contribution in [1.82, 2.24) is 10.2 Å². The first-order valence-corrected chi connectivity index (χ1v) is 10.1. The number of amides is 1. The fourth-order valence-electron chi connectivity index (χ4n) is 3.09. The number of rotatable bonds is 9. The molecule has 168 valence electrons. The average Bonchev–Trinajstić information content (AvgIpc) is 3.23. The number of anilines is 1. The van der Waals surface area contributed by atoms with Gasteiger partial charge in [-0.15, -0.1) is 5.10 Å². The molecule has 32 heavy (non-hydrogen) atoms. The van der Waals surface area contributed by atoms with Crippen LogP contribution in [0.4, 0.5) is 6.01 Å². The van der Waals surface area contributed by atoms with Gasteiger partial charge in [-0.05, 0) is 40.8 Å². The molecule has 0 aliphatic heterocycles. The summed E-state index contributed by atoms with van der Waals surface area (Å²) in [6, 6.07) is 11.8. The summed E-state index contributed by atoms with van der Waals surface area (Å²) in [5.74, 6) is 1.96. The molecule has 0 saturated heterocycles. The van der Waals surface area contributed by atoms with Crippen LogP contribution in [0.2, 0.25) is 0 Å². The molecule has 0 saturated carbocycles. The van der Waals surface area contributed by atoms with Gasteiger partial charge < -0.3 is 18.6 Å². The first kappa shape index (κ1) is 22.9. The molecule has 1 amide bonds. The summed E-state index contributed by atoms with van der Waals surface area (Å²) in [5.41, 5.74) is 3.02. The standard InChI is InChI=1S/C24H27N3O5/c1-15(2)18-9-6-16(7-10-18)14-22-26-27-24(32-22)25-21(28)11-8-17-12-19(29-3)23(31-5)20(13-17)30-4/h6-13,15H,14H2,1-5H3,(H,25,27,28)/b11-8+. The van der Waals surface area contributed by atoms with Gasteiger partial charge in [-0.3, -0.25) is 10.1 Å². The van der Waals surface area contributed by atoms with Crippen molar-refractivity contribution in [2.24, 2.45) is 0 Å². The maximum absolute atomic E-state index is 12.3. The van der Waals surface area contributed by atoms with Gasteiger partial charge in [0.2, 0.25) is 11.6 Å². The Morgan fingerprint density at radius 1 is 1.03 bits per heavy atom. The summed E-state index contributed by atoms with van der Waals surface area (Å²) in [5, 5.41) is 10.5. The van der Waals surface area contributed by atoms with Crippen LogP contribution in [0.5, 0.6) is 17.2 Å². The lowest BCUT2D eigenvalue weighted by molar-refractivity contribution is -0.112. The highest BCUT2D eigenvalue weighted by Crippen LogP contribution is 2.38. The van der Waals surface area contributed by atoms with E-state index in [4.69, 9.17) is 18.6 Å². The van der Waals surface area contributed by atoms with Gasteiger partial charge >= 0.3 is 6.01 Å². The van der Waals surface area contributed by atoms with Crippen molar-refractivity contribution in [2.45, 2.75) is 26.2 Å².